The number of piperazine rings is 1. The number of allylic oxidation sites excluding steroid dienone is 1. The molecule has 2 fully saturated rings. The summed E-state index contributed by atoms with van der Waals surface area (Å²) in [5, 5.41) is 9.31. The zero-order chi connectivity index (χ0) is 32.6. The fourth-order valence-electron chi connectivity index (χ4n) is 6.83. The maximum Gasteiger partial charge on any atom is 0.421 e. The molecule has 0 atom stereocenters. The number of nitrogens with zero attached hydrogens (tertiary/aromatic N) is 5. The van der Waals surface area contributed by atoms with Crippen LogP contribution in [0.1, 0.15) is 43.4 Å². The molecule has 6 rings (SSSR count). The number of piperidine rings is 1. The van der Waals surface area contributed by atoms with E-state index < -0.39 is 11.7 Å². The van der Waals surface area contributed by atoms with Crippen LogP contribution in [0.5, 0.6) is 5.75 Å². The average Bonchev–Trinajstić information content (AvgIpc) is 3.28. The van der Waals surface area contributed by atoms with Crippen molar-refractivity contribution in [2.24, 2.45) is 0 Å². The smallest absolute Gasteiger partial charge is 0.421 e. The highest BCUT2D eigenvalue weighted by Crippen LogP contribution is 2.44. The lowest BCUT2D eigenvalue weighted by molar-refractivity contribution is -0.137. The van der Waals surface area contributed by atoms with E-state index >= 15 is 0 Å². The van der Waals surface area contributed by atoms with E-state index in [4.69, 9.17) is 4.74 Å². The first-order valence-electron chi connectivity index (χ1n) is 15.8. The average molecular weight is 637 g/mol. The molecule has 246 valence electrons. The number of likely N-dealkylation sites (tertiary alicyclic amines) is 1. The highest BCUT2D eigenvalue weighted by Gasteiger charge is 2.37. The van der Waals surface area contributed by atoms with Crippen molar-refractivity contribution in [2.75, 3.05) is 74.3 Å². The van der Waals surface area contributed by atoms with E-state index in [0.717, 1.165) is 73.7 Å². The molecule has 3 aliphatic heterocycles. The fourth-order valence-corrected chi connectivity index (χ4v) is 6.83. The third-order valence-electron chi connectivity index (χ3n) is 9.67. The van der Waals surface area contributed by atoms with Crippen molar-refractivity contribution >= 4 is 28.8 Å². The molecule has 0 saturated carbocycles. The summed E-state index contributed by atoms with van der Waals surface area (Å²) in [4.78, 5) is 15.7. The van der Waals surface area contributed by atoms with Crippen LogP contribution in [0.4, 0.5) is 42.0 Å². The van der Waals surface area contributed by atoms with Crippen molar-refractivity contribution < 1.29 is 17.9 Å². The third kappa shape index (κ3) is 6.46. The summed E-state index contributed by atoms with van der Waals surface area (Å²) in [5.41, 5.74) is 3.90. The number of hydrogen-bond acceptors (Lipinski definition) is 9. The van der Waals surface area contributed by atoms with Gasteiger partial charge in [-0.3, -0.25) is 4.90 Å². The molecule has 3 N–H and O–H groups in total. The van der Waals surface area contributed by atoms with Gasteiger partial charge in [-0.1, -0.05) is 32.6 Å². The number of anilines is 5. The summed E-state index contributed by atoms with van der Waals surface area (Å²) in [6.45, 7) is 14.5. The minimum absolute atomic E-state index is 0.0296. The summed E-state index contributed by atoms with van der Waals surface area (Å²) >= 11 is 0. The van der Waals surface area contributed by atoms with Crippen LogP contribution in [-0.2, 0) is 18.1 Å². The lowest BCUT2D eigenvalue weighted by atomic mass is 9.81. The number of benzene rings is 2. The van der Waals surface area contributed by atoms with Crippen molar-refractivity contribution in [2.45, 2.75) is 50.9 Å². The lowest BCUT2D eigenvalue weighted by Crippen LogP contribution is -2.53. The number of aromatic nitrogens is 2. The standard InChI is InChI=1S/C34H43F3N8O/c1-22-33(2,3)30-23(7-6-8-28(30)40-22)20-38-31-26(34(35,36)37)21-39-32(42-31)41-27-10-9-25(19-29(27)46-5)45-17-15-44(16-18-45)24-11-13-43(4)14-12-24/h6-10,19,21,24,40H,1,11-18,20H2,2-5H3,(H2,38,39,41,42). The van der Waals surface area contributed by atoms with Gasteiger partial charge in [0, 0.05) is 73.5 Å². The normalized spacial score (nSPS) is 19.1. The largest absolute Gasteiger partial charge is 0.494 e. The minimum atomic E-state index is -4.63. The molecule has 1 aromatic heterocycles. The minimum Gasteiger partial charge on any atom is -0.494 e. The first-order valence-corrected chi connectivity index (χ1v) is 15.8. The number of ether oxygens (including phenoxy) is 1. The van der Waals surface area contributed by atoms with E-state index in [1.165, 1.54) is 12.8 Å². The highest BCUT2D eigenvalue weighted by atomic mass is 19.4. The van der Waals surface area contributed by atoms with Crippen LogP contribution in [0.15, 0.2) is 54.9 Å². The Hall–Kier alpha value is -4.03. The maximum atomic E-state index is 14.0. The van der Waals surface area contributed by atoms with Gasteiger partial charge in [0.2, 0.25) is 5.95 Å². The SMILES string of the molecule is C=C1Nc2cccc(CNc3nc(Nc4ccc(N5CCN(C6CCN(C)CC6)CC5)cc4OC)ncc3C(F)(F)F)c2C1(C)C. The summed E-state index contributed by atoms with van der Waals surface area (Å²) in [7, 11) is 3.76. The maximum absolute atomic E-state index is 14.0. The number of hydrogen-bond donors (Lipinski definition) is 3. The zero-order valence-corrected chi connectivity index (χ0v) is 27.0. The van der Waals surface area contributed by atoms with Crippen LogP contribution in [0.25, 0.3) is 0 Å². The predicted octanol–water partition coefficient (Wildman–Crippen LogP) is 6.29. The number of methoxy groups -OCH3 is 1. The molecule has 0 spiro atoms. The molecule has 3 aliphatic rings. The number of halogens is 3. The van der Waals surface area contributed by atoms with Gasteiger partial charge >= 0.3 is 6.18 Å². The fraction of sp³-hybridized carbons (Fsp3) is 0.471. The van der Waals surface area contributed by atoms with Gasteiger partial charge in [0.15, 0.2) is 0 Å². The zero-order valence-electron chi connectivity index (χ0n) is 27.0. The van der Waals surface area contributed by atoms with Gasteiger partial charge in [0.05, 0.1) is 12.8 Å². The van der Waals surface area contributed by atoms with Crippen LogP contribution >= 0.6 is 0 Å². The second-order valence-corrected chi connectivity index (χ2v) is 12.9. The Morgan fingerprint density at radius 1 is 1.07 bits per heavy atom. The molecule has 9 nitrogen and oxygen atoms in total. The van der Waals surface area contributed by atoms with E-state index in [1.54, 1.807) is 7.11 Å². The van der Waals surface area contributed by atoms with Gasteiger partial charge < -0.3 is 30.5 Å². The highest BCUT2D eigenvalue weighted by molar-refractivity contribution is 5.71. The summed E-state index contributed by atoms with van der Waals surface area (Å²) < 4.78 is 47.8. The van der Waals surface area contributed by atoms with Gasteiger partial charge in [-0.2, -0.15) is 18.2 Å². The first kappa shape index (κ1) is 31.9. The molecule has 0 aliphatic carbocycles. The Morgan fingerprint density at radius 2 is 1.80 bits per heavy atom. The van der Waals surface area contributed by atoms with Gasteiger partial charge in [-0.25, -0.2) is 4.98 Å². The Labute approximate surface area is 268 Å². The lowest BCUT2D eigenvalue weighted by Gasteiger charge is -2.43. The number of rotatable bonds is 8. The van der Waals surface area contributed by atoms with Crippen LogP contribution < -0.4 is 25.6 Å². The molecule has 0 amide bonds. The van der Waals surface area contributed by atoms with Crippen molar-refractivity contribution in [3.8, 4) is 5.75 Å². The molecule has 12 heteroatoms. The van der Waals surface area contributed by atoms with Crippen LogP contribution in [-0.4, -0.2) is 79.2 Å². The molecule has 0 bridgehead atoms. The molecule has 4 heterocycles. The van der Waals surface area contributed by atoms with E-state index in [-0.39, 0.29) is 23.7 Å². The van der Waals surface area contributed by atoms with E-state index in [9.17, 15) is 13.2 Å². The summed E-state index contributed by atoms with van der Waals surface area (Å²) in [6, 6.07) is 12.2. The first-order chi connectivity index (χ1) is 21.9. The van der Waals surface area contributed by atoms with Crippen molar-refractivity contribution in [1.29, 1.82) is 0 Å². The van der Waals surface area contributed by atoms with Gasteiger partial charge in [0.1, 0.15) is 17.1 Å². The summed E-state index contributed by atoms with van der Waals surface area (Å²) in [5.74, 6) is 0.285. The van der Waals surface area contributed by atoms with Crippen LogP contribution in [0.3, 0.4) is 0 Å². The van der Waals surface area contributed by atoms with Gasteiger partial charge in [-0.05, 0) is 62.3 Å². The molecule has 0 radical (unpaired) electrons. The Kier molecular flexibility index (Phi) is 8.77. The number of alkyl halides is 3. The molecule has 2 aromatic carbocycles. The Morgan fingerprint density at radius 3 is 2.50 bits per heavy atom. The third-order valence-corrected chi connectivity index (χ3v) is 9.67. The van der Waals surface area contributed by atoms with E-state index in [0.29, 0.717) is 17.5 Å². The summed E-state index contributed by atoms with van der Waals surface area (Å²) in [6.07, 6.45) is -1.39. The molecular formula is C34H43F3N8O. The van der Waals surface area contributed by atoms with E-state index in [2.05, 4.69) is 54.2 Å². The topological polar surface area (TPSA) is 80.8 Å². The number of nitrogens with one attached hydrogen (secondary N) is 3. The molecule has 2 saturated heterocycles. The van der Waals surface area contributed by atoms with Gasteiger partial charge in [0.25, 0.3) is 0 Å². The van der Waals surface area contributed by atoms with E-state index in [1.807, 2.05) is 50.2 Å². The molecule has 46 heavy (non-hydrogen) atoms. The number of fused-ring (bicyclic) bond motifs is 1. The quantitative estimate of drug-likeness (QED) is 0.264. The van der Waals surface area contributed by atoms with Crippen LogP contribution in [0.2, 0.25) is 0 Å². The van der Waals surface area contributed by atoms with Crippen molar-refractivity contribution in [3.05, 3.63) is 71.6 Å². The second kappa shape index (κ2) is 12.6. The van der Waals surface area contributed by atoms with Crippen molar-refractivity contribution in [1.82, 2.24) is 19.8 Å². The van der Waals surface area contributed by atoms with Crippen LogP contribution in [0, 0.1) is 0 Å². The molecule has 3 aromatic rings. The monoisotopic (exact) mass is 636 g/mol. The molecule has 0 unspecified atom stereocenters. The van der Waals surface area contributed by atoms with Crippen molar-refractivity contribution in [3.63, 3.8) is 0 Å². The Bertz CT molecular complexity index is 1580. The van der Waals surface area contributed by atoms with Gasteiger partial charge in [-0.15, -0.1) is 0 Å². The predicted molar refractivity (Wildman–Crippen MR) is 177 cm³/mol. The molecular weight excluding hydrogens is 593 g/mol. The Balaban J connectivity index is 1.17. The second-order valence-electron chi connectivity index (χ2n) is 12.9.